The zero-order chi connectivity index (χ0) is 20.1. The number of nitrogens with one attached hydrogen (secondary N) is 2. The van der Waals surface area contributed by atoms with Crippen LogP contribution in [0.5, 0.6) is 0 Å². The Morgan fingerprint density at radius 2 is 1.86 bits per heavy atom. The van der Waals surface area contributed by atoms with E-state index in [0.29, 0.717) is 12.2 Å². The normalized spacial score (nSPS) is 16.4. The number of aromatic nitrogens is 1. The van der Waals surface area contributed by atoms with E-state index in [1.807, 2.05) is 30.3 Å². The number of rotatable bonds is 5. The van der Waals surface area contributed by atoms with Crippen molar-refractivity contribution in [3.8, 4) is 0 Å². The van der Waals surface area contributed by atoms with Crippen molar-refractivity contribution in [2.75, 3.05) is 24.5 Å². The molecule has 2 N–H and O–H groups in total. The molecule has 1 amide bonds. The molecule has 0 spiro atoms. The van der Waals surface area contributed by atoms with Crippen LogP contribution in [0.15, 0.2) is 72.8 Å². The van der Waals surface area contributed by atoms with E-state index < -0.39 is 0 Å². The van der Waals surface area contributed by atoms with Crippen molar-refractivity contribution in [2.24, 2.45) is 0 Å². The molecule has 1 saturated heterocycles. The average molecular weight is 390 g/mol. The molecule has 0 radical (unpaired) electrons. The van der Waals surface area contributed by atoms with E-state index in [4.69, 9.17) is 0 Å². The van der Waals surface area contributed by atoms with Gasteiger partial charge in [-0.05, 0) is 35.4 Å². The van der Waals surface area contributed by atoms with Crippen LogP contribution < -0.4 is 15.5 Å². The van der Waals surface area contributed by atoms with E-state index in [2.05, 4.69) is 32.7 Å². The molecule has 2 aromatic carbocycles. The van der Waals surface area contributed by atoms with Crippen molar-refractivity contribution >= 4 is 11.7 Å². The molecule has 0 unspecified atom stereocenters. The Bertz CT molecular complexity index is 962. The molecule has 0 aliphatic carbocycles. The van der Waals surface area contributed by atoms with Gasteiger partial charge >= 0.3 is 0 Å². The van der Waals surface area contributed by atoms with E-state index in [1.165, 1.54) is 17.7 Å². The van der Waals surface area contributed by atoms with Crippen LogP contribution in [0, 0.1) is 5.82 Å². The first kappa shape index (κ1) is 19.1. The predicted molar refractivity (Wildman–Crippen MR) is 111 cm³/mol. The molecule has 1 aromatic heterocycles. The van der Waals surface area contributed by atoms with Gasteiger partial charge in [-0.1, -0.05) is 48.5 Å². The number of hydrogen-bond donors (Lipinski definition) is 2. The zero-order valence-corrected chi connectivity index (χ0v) is 16.0. The summed E-state index contributed by atoms with van der Waals surface area (Å²) in [7, 11) is 0. The van der Waals surface area contributed by atoms with Crippen LogP contribution in [0.1, 0.15) is 27.7 Å². The van der Waals surface area contributed by atoms with E-state index in [-0.39, 0.29) is 17.8 Å². The molecular weight excluding hydrogens is 367 g/mol. The summed E-state index contributed by atoms with van der Waals surface area (Å²) in [6.07, 6.45) is 0. The fraction of sp³-hybridized carbons (Fsp3) is 0.217. The summed E-state index contributed by atoms with van der Waals surface area (Å²) in [5.41, 5.74) is 2.45. The minimum Gasteiger partial charge on any atom is -0.353 e. The van der Waals surface area contributed by atoms with Crippen LogP contribution in [0.4, 0.5) is 10.2 Å². The van der Waals surface area contributed by atoms with Gasteiger partial charge in [-0.3, -0.25) is 4.79 Å². The summed E-state index contributed by atoms with van der Waals surface area (Å²) < 4.78 is 13.0. The molecule has 6 heteroatoms. The highest BCUT2D eigenvalue weighted by atomic mass is 19.1. The summed E-state index contributed by atoms with van der Waals surface area (Å²) in [6.45, 7) is 2.80. The molecule has 3 aromatic rings. The highest BCUT2D eigenvalue weighted by molar-refractivity contribution is 5.92. The topological polar surface area (TPSA) is 57.3 Å². The summed E-state index contributed by atoms with van der Waals surface area (Å²) in [5, 5.41) is 6.38. The molecule has 1 aliphatic heterocycles. The van der Waals surface area contributed by atoms with Gasteiger partial charge in [0.15, 0.2) is 0 Å². The number of carbonyl (C=O) groups excluding carboxylic acids is 1. The van der Waals surface area contributed by atoms with Crippen molar-refractivity contribution in [3.05, 3.63) is 95.4 Å². The predicted octanol–water partition coefficient (Wildman–Crippen LogP) is 3.30. The molecule has 5 nitrogen and oxygen atoms in total. The largest absolute Gasteiger partial charge is 0.353 e. The number of hydrogen-bond acceptors (Lipinski definition) is 4. The fourth-order valence-electron chi connectivity index (χ4n) is 3.47. The molecule has 4 rings (SSSR count). The molecule has 2 heterocycles. The molecule has 148 valence electrons. The van der Waals surface area contributed by atoms with Crippen molar-refractivity contribution < 1.29 is 9.18 Å². The van der Waals surface area contributed by atoms with Gasteiger partial charge < -0.3 is 15.5 Å². The molecule has 0 saturated carbocycles. The van der Waals surface area contributed by atoms with Crippen LogP contribution in [0.2, 0.25) is 0 Å². The first-order valence-corrected chi connectivity index (χ1v) is 9.72. The van der Waals surface area contributed by atoms with Crippen molar-refractivity contribution in [3.63, 3.8) is 0 Å². The number of carbonyl (C=O) groups is 1. The average Bonchev–Trinajstić information content (AvgIpc) is 2.79. The Morgan fingerprint density at radius 3 is 2.66 bits per heavy atom. The van der Waals surface area contributed by atoms with Crippen molar-refractivity contribution in [2.45, 2.75) is 12.6 Å². The lowest BCUT2D eigenvalue weighted by atomic mass is 10.0. The molecule has 29 heavy (non-hydrogen) atoms. The standard InChI is InChI=1S/C23H23FN4O/c24-19-11-9-17(10-12-19)15-26-23(29)20-7-4-8-22(27-20)28-14-13-25-21(16-28)18-5-2-1-3-6-18/h1-12,21,25H,13-16H2,(H,26,29)/t21-/m0/s1. The monoisotopic (exact) mass is 390 g/mol. The van der Waals surface area contributed by atoms with E-state index in [1.54, 1.807) is 18.2 Å². The number of anilines is 1. The van der Waals surface area contributed by atoms with Gasteiger partial charge in [0.25, 0.3) is 5.91 Å². The number of pyridine rings is 1. The third-order valence-electron chi connectivity index (χ3n) is 5.03. The maximum Gasteiger partial charge on any atom is 0.270 e. The van der Waals surface area contributed by atoms with Gasteiger partial charge in [0.2, 0.25) is 0 Å². The number of amides is 1. The highest BCUT2D eigenvalue weighted by Crippen LogP contribution is 2.21. The summed E-state index contributed by atoms with van der Waals surface area (Å²) in [6, 6.07) is 22.1. The van der Waals surface area contributed by atoms with Crippen LogP contribution in [-0.4, -0.2) is 30.5 Å². The van der Waals surface area contributed by atoms with Crippen LogP contribution >= 0.6 is 0 Å². The molecule has 1 fully saturated rings. The first-order chi connectivity index (χ1) is 14.2. The van der Waals surface area contributed by atoms with Gasteiger partial charge in [0.05, 0.1) is 0 Å². The Kier molecular flexibility index (Phi) is 5.81. The van der Waals surface area contributed by atoms with Crippen molar-refractivity contribution in [1.29, 1.82) is 0 Å². The van der Waals surface area contributed by atoms with Crippen LogP contribution in [0.3, 0.4) is 0 Å². The minimum atomic E-state index is -0.292. The summed E-state index contributed by atoms with van der Waals surface area (Å²) in [4.78, 5) is 19.3. The lowest BCUT2D eigenvalue weighted by Crippen LogP contribution is -2.46. The maximum atomic E-state index is 13.0. The Labute approximate surface area is 169 Å². The molecule has 0 bridgehead atoms. The smallest absolute Gasteiger partial charge is 0.270 e. The Morgan fingerprint density at radius 1 is 1.07 bits per heavy atom. The number of benzene rings is 2. The SMILES string of the molecule is O=C(NCc1ccc(F)cc1)c1cccc(N2CCN[C@H](c3ccccc3)C2)n1. The second kappa shape index (κ2) is 8.84. The number of piperazine rings is 1. The quantitative estimate of drug-likeness (QED) is 0.702. The lowest BCUT2D eigenvalue weighted by molar-refractivity contribution is 0.0946. The maximum absolute atomic E-state index is 13.0. The van der Waals surface area contributed by atoms with Gasteiger partial charge in [-0.25, -0.2) is 9.37 Å². The van der Waals surface area contributed by atoms with Gasteiger partial charge in [-0.2, -0.15) is 0 Å². The summed E-state index contributed by atoms with van der Waals surface area (Å²) >= 11 is 0. The molecular formula is C23H23FN4O. The highest BCUT2D eigenvalue weighted by Gasteiger charge is 2.22. The lowest BCUT2D eigenvalue weighted by Gasteiger charge is -2.34. The van der Waals surface area contributed by atoms with Gasteiger partial charge in [-0.15, -0.1) is 0 Å². The van der Waals surface area contributed by atoms with E-state index in [0.717, 1.165) is 31.0 Å². The second-order valence-corrected chi connectivity index (χ2v) is 7.05. The van der Waals surface area contributed by atoms with E-state index in [9.17, 15) is 9.18 Å². The molecule has 1 aliphatic rings. The number of halogens is 1. The zero-order valence-electron chi connectivity index (χ0n) is 16.0. The van der Waals surface area contributed by atoms with Crippen LogP contribution in [0.25, 0.3) is 0 Å². The fourth-order valence-corrected chi connectivity index (χ4v) is 3.47. The van der Waals surface area contributed by atoms with Gasteiger partial charge in [0.1, 0.15) is 17.3 Å². The molecule has 1 atom stereocenters. The first-order valence-electron chi connectivity index (χ1n) is 9.72. The summed E-state index contributed by atoms with van der Waals surface area (Å²) in [5.74, 6) is 0.257. The third-order valence-corrected chi connectivity index (χ3v) is 5.03. The van der Waals surface area contributed by atoms with Crippen LogP contribution in [-0.2, 0) is 6.54 Å². The minimum absolute atomic E-state index is 0.225. The second-order valence-electron chi connectivity index (χ2n) is 7.05. The van der Waals surface area contributed by atoms with E-state index >= 15 is 0 Å². The van der Waals surface area contributed by atoms with Crippen molar-refractivity contribution in [1.82, 2.24) is 15.6 Å². The Balaban J connectivity index is 1.42. The Hall–Kier alpha value is -3.25. The third kappa shape index (κ3) is 4.78. The van der Waals surface area contributed by atoms with Gasteiger partial charge in [0, 0.05) is 32.2 Å². The number of nitrogens with zero attached hydrogens (tertiary/aromatic N) is 2.